The van der Waals surface area contributed by atoms with Gasteiger partial charge in [0.15, 0.2) is 0 Å². The molecule has 2 amide bonds. The number of benzene rings is 1. The SMILES string of the molecule is O=C(Cc1csc(-c2ccccc2)n1)NC1CCN(C(=O)C(F)(F)CO)C1. The number of aliphatic hydroxyl groups excluding tert-OH is 1. The van der Waals surface area contributed by atoms with Crippen LogP contribution < -0.4 is 5.32 Å². The molecule has 1 aliphatic rings. The van der Waals surface area contributed by atoms with Gasteiger partial charge in [0.25, 0.3) is 5.91 Å². The standard InChI is InChI=1S/C18H19F2N3O3S/c19-18(20,11-24)17(26)23-7-6-13(9-23)21-15(25)8-14-10-27-16(22-14)12-4-2-1-3-5-12/h1-5,10,13,24H,6-9,11H2,(H,21,25). The number of hydrogen-bond acceptors (Lipinski definition) is 5. The number of nitrogens with one attached hydrogen (secondary N) is 1. The molecular weight excluding hydrogens is 376 g/mol. The molecule has 2 heterocycles. The lowest BCUT2D eigenvalue weighted by Crippen LogP contribution is -2.46. The van der Waals surface area contributed by atoms with Gasteiger partial charge >= 0.3 is 5.92 Å². The average molecular weight is 395 g/mol. The minimum absolute atomic E-state index is 0.00644. The third-order valence-corrected chi connectivity index (χ3v) is 5.21. The Labute approximate surface area is 158 Å². The monoisotopic (exact) mass is 395 g/mol. The number of nitrogens with zero attached hydrogens (tertiary/aromatic N) is 2. The van der Waals surface area contributed by atoms with Crippen LogP contribution in [0.3, 0.4) is 0 Å². The van der Waals surface area contributed by atoms with Crippen molar-refractivity contribution < 1.29 is 23.5 Å². The van der Waals surface area contributed by atoms with Crippen LogP contribution in [0.15, 0.2) is 35.7 Å². The van der Waals surface area contributed by atoms with Crippen molar-refractivity contribution in [3.8, 4) is 10.6 Å². The molecule has 2 aromatic rings. The molecule has 1 fully saturated rings. The van der Waals surface area contributed by atoms with Crippen molar-refractivity contribution >= 4 is 23.2 Å². The summed E-state index contributed by atoms with van der Waals surface area (Å²) in [7, 11) is 0. The highest BCUT2D eigenvalue weighted by molar-refractivity contribution is 7.13. The van der Waals surface area contributed by atoms with Crippen molar-refractivity contribution in [2.24, 2.45) is 0 Å². The zero-order chi connectivity index (χ0) is 19.4. The average Bonchev–Trinajstić information content (AvgIpc) is 3.31. The summed E-state index contributed by atoms with van der Waals surface area (Å²) in [6.45, 7) is -1.40. The zero-order valence-corrected chi connectivity index (χ0v) is 15.2. The minimum Gasteiger partial charge on any atom is -0.390 e. The molecule has 2 N–H and O–H groups in total. The van der Waals surface area contributed by atoms with E-state index in [1.807, 2.05) is 35.7 Å². The number of halogens is 2. The van der Waals surface area contributed by atoms with Crippen molar-refractivity contribution in [2.45, 2.75) is 24.8 Å². The molecule has 1 unspecified atom stereocenters. The number of amides is 2. The van der Waals surface area contributed by atoms with Crippen molar-refractivity contribution in [3.63, 3.8) is 0 Å². The van der Waals surface area contributed by atoms with E-state index >= 15 is 0 Å². The summed E-state index contributed by atoms with van der Waals surface area (Å²) in [6.07, 6.45) is 0.478. The molecule has 3 rings (SSSR count). The van der Waals surface area contributed by atoms with E-state index in [2.05, 4.69) is 10.3 Å². The molecule has 0 spiro atoms. The van der Waals surface area contributed by atoms with Gasteiger partial charge in [0.2, 0.25) is 5.91 Å². The predicted octanol–water partition coefficient (Wildman–Crippen LogP) is 1.70. The van der Waals surface area contributed by atoms with E-state index in [1.165, 1.54) is 11.3 Å². The van der Waals surface area contributed by atoms with Crippen LogP contribution in [-0.2, 0) is 16.0 Å². The Bertz CT molecular complexity index is 813. The second-order valence-corrected chi connectivity index (χ2v) is 7.21. The molecule has 1 atom stereocenters. The van der Waals surface area contributed by atoms with Gasteiger partial charge < -0.3 is 15.3 Å². The maximum atomic E-state index is 13.3. The van der Waals surface area contributed by atoms with Crippen LogP contribution in [0.4, 0.5) is 8.78 Å². The molecule has 1 aromatic heterocycles. The first-order valence-corrected chi connectivity index (χ1v) is 9.34. The number of hydrogen-bond donors (Lipinski definition) is 2. The Morgan fingerprint density at radius 3 is 2.78 bits per heavy atom. The van der Waals surface area contributed by atoms with E-state index in [0.29, 0.717) is 12.1 Å². The van der Waals surface area contributed by atoms with E-state index in [9.17, 15) is 18.4 Å². The van der Waals surface area contributed by atoms with Crippen molar-refractivity contribution in [2.75, 3.05) is 19.7 Å². The number of thiazole rings is 1. The first-order valence-electron chi connectivity index (χ1n) is 8.46. The number of carbonyl (C=O) groups excluding carboxylic acids is 2. The van der Waals surface area contributed by atoms with Gasteiger partial charge in [-0.3, -0.25) is 9.59 Å². The number of likely N-dealkylation sites (tertiary alicyclic amines) is 1. The number of carbonyl (C=O) groups is 2. The summed E-state index contributed by atoms with van der Waals surface area (Å²) in [5, 5.41) is 14.0. The smallest absolute Gasteiger partial charge is 0.347 e. The van der Waals surface area contributed by atoms with Crippen LogP contribution in [0.2, 0.25) is 0 Å². The van der Waals surface area contributed by atoms with Gasteiger partial charge in [-0.15, -0.1) is 11.3 Å². The van der Waals surface area contributed by atoms with Gasteiger partial charge in [-0.05, 0) is 6.42 Å². The lowest BCUT2D eigenvalue weighted by atomic mass is 10.2. The van der Waals surface area contributed by atoms with Crippen molar-refractivity contribution in [3.05, 3.63) is 41.4 Å². The molecule has 1 saturated heterocycles. The Morgan fingerprint density at radius 1 is 1.33 bits per heavy atom. The zero-order valence-electron chi connectivity index (χ0n) is 14.4. The summed E-state index contributed by atoms with van der Waals surface area (Å²) in [6, 6.07) is 9.23. The third-order valence-electron chi connectivity index (χ3n) is 4.27. The first-order chi connectivity index (χ1) is 12.9. The third kappa shape index (κ3) is 4.67. The van der Waals surface area contributed by atoms with Crippen molar-refractivity contribution in [1.82, 2.24) is 15.2 Å². The molecule has 27 heavy (non-hydrogen) atoms. The topological polar surface area (TPSA) is 82.5 Å². The van der Waals surface area contributed by atoms with E-state index in [1.54, 1.807) is 0 Å². The fourth-order valence-electron chi connectivity index (χ4n) is 2.91. The number of alkyl halides is 2. The molecule has 9 heteroatoms. The summed E-state index contributed by atoms with van der Waals surface area (Å²) >= 11 is 1.45. The van der Waals surface area contributed by atoms with Crippen LogP contribution in [0.25, 0.3) is 10.6 Å². The first kappa shape index (κ1) is 19.4. The van der Waals surface area contributed by atoms with Crippen LogP contribution in [0, 0.1) is 0 Å². The van der Waals surface area contributed by atoms with E-state index in [4.69, 9.17) is 5.11 Å². The Morgan fingerprint density at radius 2 is 2.07 bits per heavy atom. The van der Waals surface area contributed by atoms with Crippen LogP contribution in [0.5, 0.6) is 0 Å². The van der Waals surface area contributed by atoms with E-state index in [-0.39, 0.29) is 31.5 Å². The van der Waals surface area contributed by atoms with Gasteiger partial charge in [0.05, 0.1) is 12.1 Å². The fraction of sp³-hybridized carbons (Fsp3) is 0.389. The minimum atomic E-state index is -3.78. The lowest BCUT2D eigenvalue weighted by Gasteiger charge is -2.21. The molecule has 144 valence electrons. The highest BCUT2D eigenvalue weighted by Crippen LogP contribution is 2.24. The van der Waals surface area contributed by atoms with E-state index in [0.717, 1.165) is 15.5 Å². The molecular formula is C18H19F2N3O3S. The second kappa shape index (κ2) is 8.10. The van der Waals surface area contributed by atoms with E-state index < -0.39 is 18.4 Å². The van der Waals surface area contributed by atoms with Gasteiger partial charge in [-0.2, -0.15) is 8.78 Å². The fourth-order valence-corrected chi connectivity index (χ4v) is 3.73. The van der Waals surface area contributed by atoms with Crippen LogP contribution in [0.1, 0.15) is 12.1 Å². The van der Waals surface area contributed by atoms with Crippen molar-refractivity contribution in [1.29, 1.82) is 0 Å². The molecule has 1 aromatic carbocycles. The quantitative estimate of drug-likeness (QED) is 0.780. The Hall–Kier alpha value is -2.39. The Balaban J connectivity index is 1.52. The predicted molar refractivity (Wildman–Crippen MR) is 96.4 cm³/mol. The molecule has 0 radical (unpaired) electrons. The molecule has 0 bridgehead atoms. The van der Waals surface area contributed by atoms with Gasteiger partial charge in [0.1, 0.15) is 11.6 Å². The maximum absolute atomic E-state index is 13.3. The number of aromatic nitrogens is 1. The lowest BCUT2D eigenvalue weighted by molar-refractivity contribution is -0.161. The molecule has 1 aliphatic heterocycles. The normalized spacial score (nSPS) is 17.1. The maximum Gasteiger partial charge on any atom is 0.347 e. The van der Waals surface area contributed by atoms with Gasteiger partial charge in [-0.1, -0.05) is 30.3 Å². The summed E-state index contributed by atoms with van der Waals surface area (Å²) in [5.41, 5.74) is 1.61. The van der Waals surface area contributed by atoms with Crippen LogP contribution >= 0.6 is 11.3 Å². The second-order valence-electron chi connectivity index (χ2n) is 6.35. The molecule has 0 saturated carbocycles. The van der Waals surface area contributed by atoms with Gasteiger partial charge in [-0.25, -0.2) is 4.98 Å². The molecule has 0 aliphatic carbocycles. The van der Waals surface area contributed by atoms with Gasteiger partial charge in [0, 0.05) is 30.1 Å². The van der Waals surface area contributed by atoms with Crippen LogP contribution in [-0.4, -0.2) is 58.5 Å². The summed E-state index contributed by atoms with van der Waals surface area (Å²) in [4.78, 5) is 29.3. The summed E-state index contributed by atoms with van der Waals surface area (Å²) in [5.74, 6) is -5.46. The Kier molecular flexibility index (Phi) is 5.81. The largest absolute Gasteiger partial charge is 0.390 e. The summed E-state index contributed by atoms with van der Waals surface area (Å²) < 4.78 is 26.6. The highest BCUT2D eigenvalue weighted by Gasteiger charge is 2.43. The number of aliphatic hydroxyl groups is 1. The number of rotatable bonds is 6. The molecule has 6 nitrogen and oxygen atoms in total. The highest BCUT2D eigenvalue weighted by atomic mass is 32.1.